The quantitative estimate of drug-likeness (QED) is 0.360. The highest BCUT2D eigenvalue weighted by Crippen LogP contribution is 2.42. The van der Waals surface area contributed by atoms with Crippen LogP contribution in [0.3, 0.4) is 0 Å². The van der Waals surface area contributed by atoms with Gasteiger partial charge < -0.3 is 9.73 Å². The second-order valence-corrected chi connectivity index (χ2v) is 9.60. The Kier molecular flexibility index (Phi) is 7.37. The summed E-state index contributed by atoms with van der Waals surface area (Å²) in [7, 11) is 0. The van der Waals surface area contributed by atoms with Crippen LogP contribution in [0.2, 0.25) is 0 Å². The molecule has 1 aliphatic rings. The lowest BCUT2D eigenvalue weighted by molar-refractivity contribution is -0.117. The van der Waals surface area contributed by atoms with E-state index in [2.05, 4.69) is 19.2 Å². The number of furan rings is 1. The molecule has 1 fully saturated rings. The number of hydrogen-bond acceptors (Lipinski definition) is 5. The molecule has 1 unspecified atom stereocenters. The van der Waals surface area contributed by atoms with Crippen LogP contribution in [0.15, 0.2) is 81.9 Å². The predicted molar refractivity (Wildman–Crippen MR) is 133 cm³/mol. The summed E-state index contributed by atoms with van der Waals surface area (Å²) in [5, 5.41) is 12.3. The summed E-state index contributed by atoms with van der Waals surface area (Å²) in [5.41, 5.74) is 2.33. The summed E-state index contributed by atoms with van der Waals surface area (Å²) in [5.74, 6) is -0.322. The van der Waals surface area contributed by atoms with Gasteiger partial charge in [0.15, 0.2) is 0 Å². The topological polar surface area (TPSA) is 86.3 Å². The molecule has 0 spiro atoms. The molecular formula is C27H24FN3O3S. The lowest BCUT2D eigenvalue weighted by atomic mass is 10.0. The lowest BCUT2D eigenvalue weighted by Gasteiger charge is -2.19. The van der Waals surface area contributed by atoms with Gasteiger partial charge >= 0.3 is 0 Å². The fourth-order valence-corrected chi connectivity index (χ4v) is 5.04. The maximum Gasteiger partial charge on any atom is 0.265 e. The predicted octanol–water partition coefficient (Wildman–Crippen LogP) is 5.28. The molecule has 0 saturated carbocycles. The van der Waals surface area contributed by atoms with E-state index < -0.39 is 11.2 Å². The number of nitrogens with one attached hydrogen (secondary N) is 1. The van der Waals surface area contributed by atoms with Crippen LogP contribution in [0.1, 0.15) is 36.7 Å². The third-order valence-electron chi connectivity index (χ3n) is 5.66. The molecule has 8 heteroatoms. The first-order chi connectivity index (χ1) is 16.9. The summed E-state index contributed by atoms with van der Waals surface area (Å²) in [6.07, 6.45) is 1.83. The van der Waals surface area contributed by atoms with E-state index in [1.807, 2.05) is 30.3 Å². The molecule has 2 amide bonds. The molecule has 1 N–H and O–H groups in total. The lowest BCUT2D eigenvalue weighted by Crippen LogP contribution is -2.32. The zero-order chi connectivity index (χ0) is 24.9. The SMILES string of the molecule is CC(C)c1ccc(N2C(=O)C(Cc3ccc(F)cc3)S/C2=C(/C#N)C(=O)NCc2ccco2)cc1. The van der Waals surface area contributed by atoms with E-state index in [-0.39, 0.29) is 28.9 Å². The fourth-order valence-electron chi connectivity index (χ4n) is 3.73. The first-order valence-corrected chi connectivity index (χ1v) is 12.0. The highest BCUT2D eigenvalue weighted by molar-refractivity contribution is 8.05. The molecule has 0 radical (unpaired) electrons. The van der Waals surface area contributed by atoms with Crippen molar-refractivity contribution in [3.05, 3.63) is 100 Å². The van der Waals surface area contributed by atoms with Crippen molar-refractivity contribution in [2.75, 3.05) is 4.90 Å². The van der Waals surface area contributed by atoms with Gasteiger partial charge in [-0.05, 0) is 59.9 Å². The minimum Gasteiger partial charge on any atom is -0.467 e. The van der Waals surface area contributed by atoms with Gasteiger partial charge in [0.2, 0.25) is 5.91 Å². The van der Waals surface area contributed by atoms with E-state index in [1.54, 1.807) is 24.3 Å². The summed E-state index contributed by atoms with van der Waals surface area (Å²) in [6, 6.07) is 18.9. The van der Waals surface area contributed by atoms with Gasteiger partial charge in [-0.15, -0.1) is 0 Å². The molecule has 1 aliphatic heterocycles. The minimum absolute atomic E-state index is 0.116. The summed E-state index contributed by atoms with van der Waals surface area (Å²) in [6.45, 7) is 4.27. The van der Waals surface area contributed by atoms with E-state index >= 15 is 0 Å². The van der Waals surface area contributed by atoms with Crippen molar-refractivity contribution in [2.24, 2.45) is 0 Å². The molecule has 2 aromatic carbocycles. The molecule has 0 bridgehead atoms. The Morgan fingerprint density at radius 3 is 2.49 bits per heavy atom. The van der Waals surface area contributed by atoms with E-state index in [0.29, 0.717) is 23.8 Å². The normalized spacial score (nSPS) is 16.9. The van der Waals surface area contributed by atoms with Crippen molar-refractivity contribution in [3.63, 3.8) is 0 Å². The van der Waals surface area contributed by atoms with Crippen LogP contribution in [-0.4, -0.2) is 17.1 Å². The molecule has 1 aromatic heterocycles. The third kappa shape index (κ3) is 5.47. The zero-order valence-corrected chi connectivity index (χ0v) is 20.1. The number of amides is 2. The maximum atomic E-state index is 13.5. The maximum absolute atomic E-state index is 13.5. The van der Waals surface area contributed by atoms with E-state index in [4.69, 9.17) is 4.42 Å². The monoisotopic (exact) mass is 489 g/mol. The van der Waals surface area contributed by atoms with Crippen LogP contribution in [-0.2, 0) is 22.6 Å². The van der Waals surface area contributed by atoms with Crippen molar-refractivity contribution >= 4 is 29.3 Å². The van der Waals surface area contributed by atoms with Gasteiger partial charge in [0, 0.05) is 5.69 Å². The number of halogens is 1. The van der Waals surface area contributed by atoms with Crippen molar-refractivity contribution in [2.45, 2.75) is 38.0 Å². The van der Waals surface area contributed by atoms with Gasteiger partial charge in [-0.25, -0.2) is 4.39 Å². The zero-order valence-electron chi connectivity index (χ0n) is 19.3. The highest BCUT2D eigenvalue weighted by atomic mass is 32.2. The van der Waals surface area contributed by atoms with Gasteiger partial charge in [0.25, 0.3) is 5.91 Å². The van der Waals surface area contributed by atoms with Crippen molar-refractivity contribution in [1.29, 1.82) is 5.26 Å². The number of hydrogen-bond donors (Lipinski definition) is 1. The Bertz CT molecular complexity index is 1280. The minimum atomic E-state index is -0.592. The molecule has 1 atom stereocenters. The van der Waals surface area contributed by atoms with Crippen LogP contribution in [0.25, 0.3) is 0 Å². The van der Waals surface area contributed by atoms with Crippen LogP contribution in [0.4, 0.5) is 10.1 Å². The summed E-state index contributed by atoms with van der Waals surface area (Å²) < 4.78 is 18.6. The van der Waals surface area contributed by atoms with Gasteiger partial charge in [-0.1, -0.05) is 49.9 Å². The van der Waals surface area contributed by atoms with Crippen LogP contribution >= 0.6 is 11.8 Å². The standard InChI is InChI=1S/C27H24FN3O3S/c1-17(2)19-7-11-21(12-8-19)31-26(33)24(14-18-5-9-20(28)10-6-18)35-27(31)23(15-29)25(32)30-16-22-4-3-13-34-22/h3-13,17,24H,14,16H2,1-2H3,(H,30,32)/b27-23-. The van der Waals surface area contributed by atoms with Crippen LogP contribution in [0, 0.1) is 17.1 Å². The molecule has 178 valence electrons. The van der Waals surface area contributed by atoms with E-state index in [1.165, 1.54) is 35.1 Å². The Morgan fingerprint density at radius 1 is 1.17 bits per heavy atom. The number of nitriles is 1. The van der Waals surface area contributed by atoms with Crippen molar-refractivity contribution in [1.82, 2.24) is 5.32 Å². The molecule has 35 heavy (non-hydrogen) atoms. The van der Waals surface area contributed by atoms with Crippen LogP contribution in [0.5, 0.6) is 0 Å². The van der Waals surface area contributed by atoms with Gasteiger partial charge in [-0.3, -0.25) is 14.5 Å². The van der Waals surface area contributed by atoms with E-state index in [0.717, 1.165) is 11.1 Å². The molecule has 1 saturated heterocycles. The molecule has 3 aromatic rings. The molecule has 2 heterocycles. The van der Waals surface area contributed by atoms with Crippen LogP contribution < -0.4 is 10.2 Å². The summed E-state index contributed by atoms with van der Waals surface area (Å²) >= 11 is 1.17. The number of thioether (sulfide) groups is 1. The number of rotatable bonds is 7. The average molecular weight is 490 g/mol. The Balaban J connectivity index is 1.68. The molecular weight excluding hydrogens is 465 g/mol. The average Bonchev–Trinajstić information content (AvgIpc) is 3.48. The van der Waals surface area contributed by atoms with E-state index in [9.17, 15) is 19.2 Å². The third-order valence-corrected chi connectivity index (χ3v) is 6.92. The van der Waals surface area contributed by atoms with Crippen molar-refractivity contribution < 1.29 is 18.4 Å². The molecule has 6 nitrogen and oxygen atoms in total. The molecule has 0 aliphatic carbocycles. The number of nitrogens with zero attached hydrogens (tertiary/aromatic N) is 2. The first-order valence-electron chi connectivity index (χ1n) is 11.2. The largest absolute Gasteiger partial charge is 0.467 e. The Morgan fingerprint density at radius 2 is 1.89 bits per heavy atom. The second-order valence-electron chi connectivity index (χ2n) is 8.41. The highest BCUT2D eigenvalue weighted by Gasteiger charge is 2.40. The number of anilines is 1. The Hall–Kier alpha value is -3.83. The molecule has 4 rings (SSSR count). The van der Waals surface area contributed by atoms with Gasteiger partial charge in [0.1, 0.15) is 28.2 Å². The fraction of sp³-hybridized carbons (Fsp3) is 0.222. The second kappa shape index (κ2) is 10.6. The number of carbonyl (C=O) groups excluding carboxylic acids is 2. The smallest absolute Gasteiger partial charge is 0.265 e. The number of benzene rings is 2. The summed E-state index contributed by atoms with van der Waals surface area (Å²) in [4.78, 5) is 27.9. The van der Waals surface area contributed by atoms with Gasteiger partial charge in [0.05, 0.1) is 18.1 Å². The number of carbonyl (C=O) groups is 2. The van der Waals surface area contributed by atoms with Crippen molar-refractivity contribution in [3.8, 4) is 6.07 Å². The van der Waals surface area contributed by atoms with Gasteiger partial charge in [-0.2, -0.15) is 5.26 Å². The first kappa shape index (κ1) is 24.3. The Labute approximate surface area is 207 Å².